The Labute approximate surface area is 179 Å². The SMILES string of the molecule is O=C(O[C@@H]1CCCCC1=O)c1c2c(nc3ccccc13)/C(=C\c1cccs1)CCC2. The van der Waals surface area contributed by atoms with E-state index in [9.17, 15) is 9.59 Å². The number of nitrogens with zero attached hydrogens (tertiary/aromatic N) is 1. The third kappa shape index (κ3) is 3.58. The van der Waals surface area contributed by atoms with Crippen LogP contribution in [0.2, 0.25) is 0 Å². The summed E-state index contributed by atoms with van der Waals surface area (Å²) >= 11 is 1.70. The molecule has 0 radical (unpaired) electrons. The number of rotatable bonds is 3. The number of carbonyl (C=O) groups is 2. The Hall–Kier alpha value is -2.79. The van der Waals surface area contributed by atoms with E-state index in [4.69, 9.17) is 9.72 Å². The minimum absolute atomic E-state index is 0.0418. The van der Waals surface area contributed by atoms with Gasteiger partial charge in [0.1, 0.15) is 0 Å². The number of para-hydroxylation sites is 1. The van der Waals surface area contributed by atoms with Crippen molar-refractivity contribution >= 4 is 45.6 Å². The maximum Gasteiger partial charge on any atom is 0.339 e. The van der Waals surface area contributed by atoms with Crippen molar-refractivity contribution in [2.75, 3.05) is 0 Å². The number of fused-ring (bicyclic) bond motifs is 2. The number of carbonyl (C=O) groups excluding carboxylic acids is 2. The summed E-state index contributed by atoms with van der Waals surface area (Å²) in [6.45, 7) is 0. The molecule has 1 atom stereocenters. The summed E-state index contributed by atoms with van der Waals surface area (Å²) in [5, 5.41) is 2.87. The average molecular weight is 418 g/mol. The zero-order valence-electron chi connectivity index (χ0n) is 16.7. The molecule has 0 aliphatic heterocycles. The van der Waals surface area contributed by atoms with Crippen molar-refractivity contribution in [3.63, 3.8) is 0 Å². The Morgan fingerprint density at radius 1 is 1.07 bits per heavy atom. The summed E-state index contributed by atoms with van der Waals surface area (Å²) in [6, 6.07) is 11.9. The third-order valence-corrected chi connectivity index (χ3v) is 6.80. The normalized spacial score (nSPS) is 20.3. The molecule has 152 valence electrons. The molecule has 0 N–H and O–H groups in total. The van der Waals surface area contributed by atoms with E-state index in [1.54, 1.807) is 11.3 Å². The smallest absolute Gasteiger partial charge is 0.339 e. The quantitative estimate of drug-likeness (QED) is 0.502. The molecule has 1 aromatic carbocycles. The largest absolute Gasteiger partial charge is 0.451 e. The van der Waals surface area contributed by atoms with E-state index in [1.165, 1.54) is 4.88 Å². The summed E-state index contributed by atoms with van der Waals surface area (Å²) in [6.07, 6.45) is 7.20. The second-order valence-corrected chi connectivity index (χ2v) is 8.95. The van der Waals surface area contributed by atoms with Crippen LogP contribution in [0.15, 0.2) is 41.8 Å². The number of allylic oxidation sites excluding steroid dienone is 1. The van der Waals surface area contributed by atoms with Gasteiger partial charge in [0.2, 0.25) is 0 Å². The van der Waals surface area contributed by atoms with Gasteiger partial charge in [-0.3, -0.25) is 4.79 Å². The monoisotopic (exact) mass is 417 g/mol. The van der Waals surface area contributed by atoms with Gasteiger partial charge >= 0.3 is 5.97 Å². The van der Waals surface area contributed by atoms with Crippen LogP contribution in [0.4, 0.5) is 0 Å². The van der Waals surface area contributed by atoms with Gasteiger partial charge in [0, 0.05) is 16.7 Å². The highest BCUT2D eigenvalue weighted by Crippen LogP contribution is 2.37. The molecule has 0 spiro atoms. The van der Waals surface area contributed by atoms with Gasteiger partial charge in [-0.2, -0.15) is 0 Å². The Kier molecular flexibility index (Phi) is 5.21. The first-order valence-corrected chi connectivity index (χ1v) is 11.5. The Bertz CT molecular complexity index is 1150. The summed E-state index contributed by atoms with van der Waals surface area (Å²) in [7, 11) is 0. The molecule has 3 aromatic rings. The number of aromatic nitrogens is 1. The molecular weight excluding hydrogens is 394 g/mol. The highest BCUT2D eigenvalue weighted by Gasteiger charge is 2.30. The van der Waals surface area contributed by atoms with Crippen LogP contribution in [0.1, 0.15) is 65.0 Å². The van der Waals surface area contributed by atoms with E-state index in [2.05, 4.69) is 17.5 Å². The molecule has 1 fully saturated rings. The van der Waals surface area contributed by atoms with Crippen LogP contribution in [-0.2, 0) is 16.0 Å². The van der Waals surface area contributed by atoms with Crippen LogP contribution in [0, 0.1) is 0 Å². The number of esters is 1. The molecule has 5 heteroatoms. The molecule has 0 unspecified atom stereocenters. The van der Waals surface area contributed by atoms with Crippen molar-refractivity contribution in [1.29, 1.82) is 0 Å². The van der Waals surface area contributed by atoms with E-state index < -0.39 is 6.10 Å². The number of thiophene rings is 1. The molecule has 30 heavy (non-hydrogen) atoms. The lowest BCUT2D eigenvalue weighted by molar-refractivity contribution is -0.129. The van der Waals surface area contributed by atoms with Crippen molar-refractivity contribution in [1.82, 2.24) is 4.98 Å². The Morgan fingerprint density at radius 2 is 1.97 bits per heavy atom. The fourth-order valence-corrected chi connectivity index (χ4v) is 5.20. The maximum atomic E-state index is 13.3. The van der Waals surface area contributed by atoms with Gasteiger partial charge in [-0.05, 0) is 73.3 Å². The third-order valence-electron chi connectivity index (χ3n) is 5.98. The highest BCUT2D eigenvalue weighted by atomic mass is 32.1. The standard InChI is InChI=1S/C25H23NO3S/c27-21-12-3-4-13-22(21)29-25(28)23-18-9-1-2-11-20(18)26-24-16(7-5-10-19(23)24)15-17-8-6-14-30-17/h1-2,6,8-9,11,14-15,22H,3-5,7,10,12-13H2/b16-15-/t22-/m1/s1. The van der Waals surface area contributed by atoms with Crippen LogP contribution in [0.5, 0.6) is 0 Å². The molecular formula is C25H23NO3S. The lowest BCUT2D eigenvalue weighted by atomic mass is 9.86. The predicted molar refractivity (Wildman–Crippen MR) is 120 cm³/mol. The number of ether oxygens (including phenoxy) is 1. The lowest BCUT2D eigenvalue weighted by Crippen LogP contribution is -2.30. The number of hydrogen-bond acceptors (Lipinski definition) is 5. The summed E-state index contributed by atoms with van der Waals surface area (Å²) in [4.78, 5) is 31.7. The van der Waals surface area contributed by atoms with Crippen molar-refractivity contribution in [2.45, 2.75) is 51.0 Å². The van der Waals surface area contributed by atoms with Gasteiger partial charge in [-0.1, -0.05) is 24.3 Å². The van der Waals surface area contributed by atoms with Crippen LogP contribution in [0.25, 0.3) is 22.6 Å². The van der Waals surface area contributed by atoms with E-state index in [0.29, 0.717) is 18.4 Å². The molecule has 0 bridgehead atoms. The van der Waals surface area contributed by atoms with Gasteiger partial charge in [0.25, 0.3) is 0 Å². The van der Waals surface area contributed by atoms with Gasteiger partial charge in [0.05, 0.1) is 16.8 Å². The van der Waals surface area contributed by atoms with Crippen LogP contribution < -0.4 is 0 Å². The van der Waals surface area contributed by atoms with Gasteiger partial charge in [-0.25, -0.2) is 9.78 Å². The maximum absolute atomic E-state index is 13.3. The van der Waals surface area contributed by atoms with Crippen LogP contribution in [0.3, 0.4) is 0 Å². The molecule has 0 amide bonds. The van der Waals surface area contributed by atoms with E-state index >= 15 is 0 Å². The molecule has 5 rings (SSSR count). The first-order valence-electron chi connectivity index (χ1n) is 10.6. The van der Waals surface area contributed by atoms with Crippen molar-refractivity contribution in [3.8, 4) is 0 Å². The summed E-state index contributed by atoms with van der Waals surface area (Å²) in [5.41, 5.74) is 4.39. The number of hydrogen-bond donors (Lipinski definition) is 0. The molecule has 0 saturated heterocycles. The second-order valence-electron chi connectivity index (χ2n) is 7.98. The van der Waals surface area contributed by atoms with Gasteiger partial charge in [0.15, 0.2) is 11.9 Å². The molecule has 2 aliphatic carbocycles. The van der Waals surface area contributed by atoms with Gasteiger partial charge in [-0.15, -0.1) is 11.3 Å². The second kappa shape index (κ2) is 8.15. The summed E-state index contributed by atoms with van der Waals surface area (Å²) in [5.74, 6) is -0.345. The molecule has 2 heterocycles. The topological polar surface area (TPSA) is 56.3 Å². The van der Waals surface area contributed by atoms with Crippen molar-refractivity contribution < 1.29 is 14.3 Å². The zero-order valence-corrected chi connectivity index (χ0v) is 17.5. The Balaban J connectivity index is 1.62. The number of Topliss-reactive ketones (excluding diaryl/α,β-unsaturated/α-hetero) is 1. The lowest BCUT2D eigenvalue weighted by Gasteiger charge is -2.25. The molecule has 1 saturated carbocycles. The minimum Gasteiger partial charge on any atom is -0.451 e. The molecule has 2 aliphatic rings. The fraction of sp³-hybridized carbons (Fsp3) is 0.320. The fourth-order valence-electron chi connectivity index (χ4n) is 4.52. The van der Waals surface area contributed by atoms with Gasteiger partial charge < -0.3 is 4.74 Å². The number of pyridine rings is 1. The van der Waals surface area contributed by atoms with Crippen molar-refractivity contribution in [2.24, 2.45) is 0 Å². The van der Waals surface area contributed by atoms with Crippen LogP contribution in [-0.4, -0.2) is 22.8 Å². The Morgan fingerprint density at radius 3 is 2.80 bits per heavy atom. The van der Waals surface area contributed by atoms with E-state index in [-0.39, 0.29) is 11.8 Å². The first-order chi connectivity index (χ1) is 14.7. The average Bonchev–Trinajstić information content (AvgIpc) is 3.27. The predicted octanol–water partition coefficient (Wildman–Crippen LogP) is 5.84. The summed E-state index contributed by atoms with van der Waals surface area (Å²) < 4.78 is 5.77. The van der Waals surface area contributed by atoms with Crippen LogP contribution >= 0.6 is 11.3 Å². The number of ketones is 1. The van der Waals surface area contributed by atoms with Crippen molar-refractivity contribution in [3.05, 3.63) is 63.5 Å². The highest BCUT2D eigenvalue weighted by molar-refractivity contribution is 7.10. The number of benzene rings is 1. The van der Waals surface area contributed by atoms with E-state index in [0.717, 1.165) is 59.8 Å². The zero-order chi connectivity index (χ0) is 20.5. The first kappa shape index (κ1) is 19.2. The minimum atomic E-state index is -0.612. The molecule has 2 aromatic heterocycles. The van der Waals surface area contributed by atoms with E-state index in [1.807, 2.05) is 30.3 Å². The molecule has 4 nitrogen and oxygen atoms in total.